The predicted molar refractivity (Wildman–Crippen MR) is 109 cm³/mol. The number of benzene rings is 2. The molecule has 0 aliphatic heterocycles. The Morgan fingerprint density at radius 3 is 2.33 bits per heavy atom. The molecule has 0 radical (unpaired) electrons. The van der Waals surface area contributed by atoms with Crippen LogP contribution in [0.1, 0.15) is 16.1 Å². The topological polar surface area (TPSA) is 78.9 Å². The van der Waals surface area contributed by atoms with Gasteiger partial charge < -0.3 is 16.0 Å². The molecule has 0 bridgehead atoms. The number of rotatable bonds is 6. The molecule has 6 nitrogen and oxygen atoms in total. The molecule has 2 aromatic carbocycles. The normalized spacial score (nSPS) is 10.3. The number of carbonyl (C=O) groups is 1. The Morgan fingerprint density at radius 1 is 1.04 bits per heavy atom. The quantitative estimate of drug-likeness (QED) is 0.549. The van der Waals surface area contributed by atoms with Crippen molar-refractivity contribution in [3.05, 3.63) is 71.0 Å². The van der Waals surface area contributed by atoms with Crippen molar-refractivity contribution < 1.29 is 9.18 Å². The zero-order valence-corrected chi connectivity index (χ0v) is 15.7. The van der Waals surface area contributed by atoms with Crippen molar-refractivity contribution in [3.8, 4) is 0 Å². The Balaban J connectivity index is 1.44. The molecular formula is C18H16FN5OS2. The molecule has 1 amide bonds. The third-order valence-electron chi connectivity index (χ3n) is 3.61. The smallest absolute Gasteiger partial charge is 0.277 e. The van der Waals surface area contributed by atoms with Gasteiger partial charge in [0.25, 0.3) is 5.91 Å². The molecule has 0 aliphatic rings. The second-order valence-electron chi connectivity index (χ2n) is 5.58. The molecule has 9 heteroatoms. The third kappa shape index (κ3) is 5.80. The Labute approximate surface area is 165 Å². The van der Waals surface area contributed by atoms with Crippen LogP contribution in [0.15, 0.2) is 53.9 Å². The lowest BCUT2D eigenvalue weighted by Gasteiger charge is -2.11. The van der Waals surface area contributed by atoms with Crippen molar-refractivity contribution in [3.63, 3.8) is 0 Å². The van der Waals surface area contributed by atoms with E-state index >= 15 is 0 Å². The van der Waals surface area contributed by atoms with Crippen molar-refractivity contribution in [2.45, 2.75) is 6.42 Å². The van der Waals surface area contributed by atoms with E-state index in [4.69, 9.17) is 12.2 Å². The van der Waals surface area contributed by atoms with Gasteiger partial charge in [0, 0.05) is 23.3 Å². The van der Waals surface area contributed by atoms with Crippen LogP contribution in [0, 0.1) is 5.82 Å². The van der Waals surface area contributed by atoms with E-state index in [1.165, 1.54) is 12.1 Å². The monoisotopic (exact) mass is 401 g/mol. The average Bonchev–Trinajstić information content (AvgIpc) is 3.20. The molecule has 3 aromatic rings. The Bertz CT molecular complexity index is 899. The molecule has 0 saturated heterocycles. The number of amides is 1. The van der Waals surface area contributed by atoms with Crippen molar-refractivity contribution in [1.29, 1.82) is 0 Å². The van der Waals surface area contributed by atoms with Crippen LogP contribution < -0.4 is 16.0 Å². The highest BCUT2D eigenvalue weighted by Crippen LogP contribution is 2.14. The number of carbonyl (C=O) groups excluding carboxylic acids is 1. The maximum absolute atomic E-state index is 12.9. The Kier molecular flexibility index (Phi) is 6.39. The van der Waals surface area contributed by atoms with Gasteiger partial charge in [0.15, 0.2) is 10.8 Å². The van der Waals surface area contributed by atoms with E-state index in [-0.39, 0.29) is 17.4 Å². The molecule has 1 heterocycles. The molecule has 1 aromatic heterocycles. The number of hydrogen-bond acceptors (Lipinski definition) is 5. The lowest BCUT2D eigenvalue weighted by Crippen LogP contribution is -2.30. The average molecular weight is 401 g/mol. The molecule has 0 aliphatic carbocycles. The fraction of sp³-hybridized carbons (Fsp3) is 0.111. The predicted octanol–water partition coefficient (Wildman–Crippen LogP) is 3.46. The maximum Gasteiger partial charge on any atom is 0.277 e. The summed E-state index contributed by atoms with van der Waals surface area (Å²) in [5, 5.41) is 14.7. The van der Waals surface area contributed by atoms with Gasteiger partial charge in [-0.25, -0.2) is 4.39 Å². The molecule has 0 unspecified atom stereocenters. The number of hydrogen-bond donors (Lipinski definition) is 3. The van der Waals surface area contributed by atoms with Crippen molar-refractivity contribution in [2.24, 2.45) is 0 Å². The second-order valence-corrected chi connectivity index (χ2v) is 6.60. The highest BCUT2D eigenvalue weighted by molar-refractivity contribution is 7.80. The highest BCUT2D eigenvalue weighted by Gasteiger charge is 2.08. The van der Waals surface area contributed by atoms with E-state index in [1.54, 1.807) is 29.6 Å². The largest absolute Gasteiger partial charge is 0.362 e. The van der Waals surface area contributed by atoms with E-state index in [0.717, 1.165) is 29.2 Å². The number of nitrogens with zero attached hydrogens (tertiary/aromatic N) is 2. The van der Waals surface area contributed by atoms with E-state index in [0.29, 0.717) is 17.3 Å². The molecule has 3 N–H and O–H groups in total. The van der Waals surface area contributed by atoms with Crippen LogP contribution in [-0.4, -0.2) is 27.2 Å². The van der Waals surface area contributed by atoms with Gasteiger partial charge in [-0.1, -0.05) is 16.6 Å². The highest BCUT2D eigenvalue weighted by atomic mass is 32.1. The molecule has 0 saturated carbocycles. The first-order chi connectivity index (χ1) is 13.1. The standard InChI is InChI=1S/C18H16FN5OS2/c19-13-3-1-12(2-4-13)9-10-20-18(26)22-15-7-5-14(6-8-15)21-17(25)16-11-27-24-23-16/h1-8,11H,9-10H2,(H,21,25)(H2,20,22,26). The van der Waals surface area contributed by atoms with Crippen molar-refractivity contribution in [1.82, 2.24) is 14.9 Å². The van der Waals surface area contributed by atoms with Crippen LogP contribution in [0.2, 0.25) is 0 Å². The van der Waals surface area contributed by atoms with Gasteiger partial charge in [0.2, 0.25) is 0 Å². The van der Waals surface area contributed by atoms with Crippen LogP contribution >= 0.6 is 23.8 Å². The second kappa shape index (κ2) is 9.15. The van der Waals surface area contributed by atoms with E-state index < -0.39 is 0 Å². The SMILES string of the molecule is O=C(Nc1ccc(NC(=S)NCCc2ccc(F)cc2)cc1)c1csnn1. The summed E-state index contributed by atoms with van der Waals surface area (Å²) in [6.45, 7) is 0.632. The summed E-state index contributed by atoms with van der Waals surface area (Å²) >= 11 is 6.39. The first-order valence-electron chi connectivity index (χ1n) is 8.08. The van der Waals surface area contributed by atoms with E-state index in [9.17, 15) is 9.18 Å². The van der Waals surface area contributed by atoms with Gasteiger partial charge in [0.1, 0.15) is 5.82 Å². The van der Waals surface area contributed by atoms with Crippen LogP contribution in [0.4, 0.5) is 15.8 Å². The number of anilines is 2. The molecular weight excluding hydrogens is 385 g/mol. The zero-order chi connectivity index (χ0) is 19.1. The van der Waals surface area contributed by atoms with E-state index in [1.807, 2.05) is 12.1 Å². The van der Waals surface area contributed by atoms with Gasteiger partial charge >= 0.3 is 0 Å². The lowest BCUT2D eigenvalue weighted by atomic mass is 10.1. The molecule has 0 fully saturated rings. The van der Waals surface area contributed by atoms with Gasteiger partial charge in [-0.15, -0.1) is 5.10 Å². The first kappa shape index (κ1) is 18.9. The Hall–Kier alpha value is -2.91. The van der Waals surface area contributed by atoms with Gasteiger partial charge in [-0.3, -0.25) is 4.79 Å². The zero-order valence-electron chi connectivity index (χ0n) is 14.1. The van der Waals surface area contributed by atoms with Gasteiger partial charge in [-0.2, -0.15) is 0 Å². The summed E-state index contributed by atoms with van der Waals surface area (Å²) in [4.78, 5) is 11.9. The minimum atomic E-state index is -0.303. The summed E-state index contributed by atoms with van der Waals surface area (Å²) in [5.74, 6) is -0.547. The number of thiocarbonyl (C=S) groups is 1. The summed E-state index contributed by atoms with van der Waals surface area (Å²) in [6.07, 6.45) is 0.735. The molecule has 138 valence electrons. The van der Waals surface area contributed by atoms with Crippen LogP contribution in [0.3, 0.4) is 0 Å². The number of aromatic nitrogens is 2. The number of halogens is 1. The Morgan fingerprint density at radius 2 is 1.70 bits per heavy atom. The molecule has 0 spiro atoms. The van der Waals surface area contributed by atoms with Crippen molar-refractivity contribution in [2.75, 3.05) is 17.2 Å². The summed E-state index contributed by atoms with van der Waals surface area (Å²) in [5.41, 5.74) is 2.76. The van der Waals surface area contributed by atoms with Gasteiger partial charge in [-0.05, 0) is 72.1 Å². The van der Waals surface area contributed by atoms with Crippen LogP contribution in [0.25, 0.3) is 0 Å². The molecule has 3 rings (SSSR count). The van der Waals surface area contributed by atoms with Crippen molar-refractivity contribution >= 4 is 46.1 Å². The fourth-order valence-corrected chi connectivity index (χ4v) is 2.90. The fourth-order valence-electron chi connectivity index (χ4n) is 2.24. The maximum atomic E-state index is 12.9. The lowest BCUT2D eigenvalue weighted by molar-refractivity contribution is 0.102. The molecule has 0 atom stereocenters. The summed E-state index contributed by atoms with van der Waals surface area (Å²) in [7, 11) is 0. The summed E-state index contributed by atoms with van der Waals surface area (Å²) in [6, 6.07) is 13.5. The first-order valence-corrected chi connectivity index (χ1v) is 9.32. The molecule has 27 heavy (non-hydrogen) atoms. The minimum Gasteiger partial charge on any atom is -0.362 e. The van der Waals surface area contributed by atoms with Gasteiger partial charge in [0.05, 0.1) is 0 Å². The minimum absolute atomic E-state index is 0.244. The van der Waals surface area contributed by atoms with Crippen LogP contribution in [-0.2, 0) is 6.42 Å². The van der Waals surface area contributed by atoms with Crippen LogP contribution in [0.5, 0.6) is 0 Å². The van der Waals surface area contributed by atoms with E-state index in [2.05, 4.69) is 25.5 Å². The third-order valence-corrected chi connectivity index (χ3v) is 4.36. The number of nitrogens with one attached hydrogen (secondary N) is 3. The summed E-state index contributed by atoms with van der Waals surface area (Å²) < 4.78 is 16.5.